The van der Waals surface area contributed by atoms with Crippen molar-refractivity contribution >= 4 is 21.6 Å². The average Bonchev–Trinajstić information content (AvgIpc) is 3.34. The van der Waals surface area contributed by atoms with Gasteiger partial charge >= 0.3 is 0 Å². The van der Waals surface area contributed by atoms with Gasteiger partial charge < -0.3 is 5.32 Å². The zero-order valence-electron chi connectivity index (χ0n) is 17.4. The van der Waals surface area contributed by atoms with Gasteiger partial charge in [-0.05, 0) is 75.3 Å². The molecule has 1 aliphatic rings. The molecule has 0 radical (unpaired) electrons. The zero-order chi connectivity index (χ0) is 22.2. The van der Waals surface area contributed by atoms with Crippen molar-refractivity contribution in [2.45, 2.75) is 30.7 Å². The number of likely N-dealkylation sites (N-methyl/N-ethyl adjacent to an activating group) is 1. The molecule has 3 aromatic rings. The Morgan fingerprint density at radius 3 is 2.61 bits per heavy atom. The van der Waals surface area contributed by atoms with Crippen LogP contribution in [0.4, 0.5) is 10.1 Å². The van der Waals surface area contributed by atoms with E-state index >= 15 is 0 Å². The molecular formula is C23H24FN3O3S. The lowest BCUT2D eigenvalue weighted by Crippen LogP contribution is -2.37. The van der Waals surface area contributed by atoms with Gasteiger partial charge in [0, 0.05) is 17.4 Å². The van der Waals surface area contributed by atoms with E-state index in [-0.39, 0.29) is 28.1 Å². The number of rotatable bonds is 5. The Kier molecular flexibility index (Phi) is 5.68. The molecule has 0 spiro atoms. The summed E-state index contributed by atoms with van der Waals surface area (Å²) in [5.41, 5.74) is 1.55. The van der Waals surface area contributed by atoms with Crippen LogP contribution in [0.25, 0.3) is 11.3 Å². The third-order valence-corrected chi connectivity index (χ3v) is 7.22. The fraction of sp³-hybridized carbons (Fsp3) is 0.261. The highest BCUT2D eigenvalue weighted by Gasteiger charge is 2.28. The molecule has 1 aromatic heterocycles. The van der Waals surface area contributed by atoms with Crippen molar-refractivity contribution in [2.24, 2.45) is 0 Å². The van der Waals surface area contributed by atoms with Crippen LogP contribution in [-0.4, -0.2) is 42.8 Å². The van der Waals surface area contributed by atoms with Gasteiger partial charge in [0.05, 0.1) is 16.6 Å². The van der Waals surface area contributed by atoms with Gasteiger partial charge in [-0.2, -0.15) is 0 Å². The number of anilines is 1. The van der Waals surface area contributed by atoms with Gasteiger partial charge in [0.2, 0.25) is 5.91 Å². The van der Waals surface area contributed by atoms with E-state index in [1.54, 1.807) is 43.3 Å². The number of aryl methyl sites for hydroxylation is 1. The van der Waals surface area contributed by atoms with Crippen molar-refractivity contribution in [1.82, 2.24) is 8.87 Å². The normalized spacial score (nSPS) is 17.1. The number of benzene rings is 2. The molecule has 6 nitrogen and oxygen atoms in total. The monoisotopic (exact) mass is 441 g/mol. The van der Waals surface area contributed by atoms with Crippen LogP contribution in [0.2, 0.25) is 0 Å². The molecule has 0 bridgehead atoms. The first-order valence-electron chi connectivity index (χ1n) is 10.1. The molecule has 0 saturated carbocycles. The lowest BCUT2D eigenvalue weighted by Gasteiger charge is -2.19. The number of amides is 1. The van der Waals surface area contributed by atoms with Crippen LogP contribution in [0.1, 0.15) is 18.4 Å². The van der Waals surface area contributed by atoms with Crippen LogP contribution < -0.4 is 5.32 Å². The molecule has 1 amide bonds. The summed E-state index contributed by atoms with van der Waals surface area (Å²) in [6.07, 6.45) is 3.19. The van der Waals surface area contributed by atoms with E-state index in [1.807, 2.05) is 11.9 Å². The number of aromatic nitrogens is 1. The van der Waals surface area contributed by atoms with Crippen molar-refractivity contribution < 1.29 is 17.6 Å². The van der Waals surface area contributed by atoms with Gasteiger partial charge in [-0.25, -0.2) is 16.8 Å². The van der Waals surface area contributed by atoms with Crippen LogP contribution in [0, 0.1) is 12.7 Å². The van der Waals surface area contributed by atoms with Crippen molar-refractivity contribution in [3.63, 3.8) is 0 Å². The standard InChI is InChI=1S/C23H24FN3O3S/c1-16-13-22(19-9-3-4-10-20(19)24)27(15-16)31(29,30)18-8-5-7-17(14-18)25-23(28)21-11-6-12-26(21)2/h3-5,7-10,13-15,21H,6,11-12H2,1-2H3,(H,25,28). The van der Waals surface area contributed by atoms with Gasteiger partial charge in [-0.1, -0.05) is 18.2 Å². The highest BCUT2D eigenvalue weighted by molar-refractivity contribution is 7.90. The minimum atomic E-state index is -4.01. The molecule has 1 atom stereocenters. The smallest absolute Gasteiger partial charge is 0.268 e. The first kappa shape index (κ1) is 21.3. The predicted octanol–water partition coefficient (Wildman–Crippen LogP) is 3.87. The molecule has 2 heterocycles. The fourth-order valence-electron chi connectivity index (χ4n) is 3.95. The quantitative estimate of drug-likeness (QED) is 0.653. The van der Waals surface area contributed by atoms with E-state index in [9.17, 15) is 17.6 Å². The number of likely N-dealkylation sites (tertiary alicyclic amines) is 1. The molecule has 1 aliphatic heterocycles. The van der Waals surface area contributed by atoms with Gasteiger partial charge in [0.25, 0.3) is 10.0 Å². The number of nitrogens with zero attached hydrogens (tertiary/aromatic N) is 2. The summed E-state index contributed by atoms with van der Waals surface area (Å²) in [6.45, 7) is 2.61. The summed E-state index contributed by atoms with van der Waals surface area (Å²) in [5, 5.41) is 2.82. The van der Waals surface area contributed by atoms with Crippen molar-refractivity contribution in [2.75, 3.05) is 18.9 Å². The Balaban J connectivity index is 1.69. The summed E-state index contributed by atoms with van der Waals surface area (Å²) in [6, 6.07) is 13.6. The van der Waals surface area contributed by atoms with Crippen LogP contribution in [0.3, 0.4) is 0 Å². The molecular weight excluding hydrogens is 417 g/mol. The van der Waals surface area contributed by atoms with Gasteiger partial charge in [-0.15, -0.1) is 0 Å². The van der Waals surface area contributed by atoms with Crippen molar-refractivity contribution in [3.8, 4) is 11.3 Å². The number of halogens is 1. The van der Waals surface area contributed by atoms with E-state index in [4.69, 9.17) is 0 Å². The largest absolute Gasteiger partial charge is 0.325 e. The van der Waals surface area contributed by atoms with E-state index in [0.717, 1.165) is 23.4 Å². The van der Waals surface area contributed by atoms with Crippen LogP contribution >= 0.6 is 0 Å². The number of hydrogen-bond acceptors (Lipinski definition) is 4. The second-order valence-corrected chi connectivity index (χ2v) is 9.65. The summed E-state index contributed by atoms with van der Waals surface area (Å²) in [7, 11) is -2.11. The lowest BCUT2D eigenvalue weighted by atomic mass is 10.1. The SMILES string of the molecule is Cc1cc(-c2ccccc2F)n(S(=O)(=O)c2cccc(NC(=O)C3CCCN3C)c2)c1. The second-order valence-electron chi connectivity index (χ2n) is 7.84. The van der Waals surface area contributed by atoms with E-state index < -0.39 is 15.8 Å². The van der Waals surface area contributed by atoms with Crippen LogP contribution in [-0.2, 0) is 14.8 Å². The van der Waals surface area contributed by atoms with Gasteiger partial charge in [0.15, 0.2) is 0 Å². The highest BCUT2D eigenvalue weighted by atomic mass is 32.2. The van der Waals surface area contributed by atoms with E-state index in [0.29, 0.717) is 11.3 Å². The third kappa shape index (κ3) is 4.13. The summed E-state index contributed by atoms with van der Waals surface area (Å²) in [5.74, 6) is -0.655. The van der Waals surface area contributed by atoms with Gasteiger partial charge in [0.1, 0.15) is 5.82 Å². The Bertz CT molecular complexity index is 1240. The summed E-state index contributed by atoms with van der Waals surface area (Å²) in [4.78, 5) is 14.6. The first-order valence-corrected chi connectivity index (χ1v) is 11.5. The van der Waals surface area contributed by atoms with Crippen LogP contribution in [0.15, 0.2) is 65.7 Å². The Hall–Kier alpha value is -2.97. The molecule has 8 heteroatoms. The first-order chi connectivity index (χ1) is 14.8. The average molecular weight is 442 g/mol. The molecule has 162 valence electrons. The maximum atomic E-state index is 14.4. The Morgan fingerprint density at radius 1 is 1.13 bits per heavy atom. The molecule has 2 aromatic carbocycles. The molecule has 0 aliphatic carbocycles. The molecule has 1 saturated heterocycles. The van der Waals surface area contributed by atoms with E-state index in [1.165, 1.54) is 24.4 Å². The zero-order valence-corrected chi connectivity index (χ0v) is 18.2. The lowest BCUT2D eigenvalue weighted by molar-refractivity contribution is -0.119. The fourth-order valence-corrected chi connectivity index (χ4v) is 5.42. The second kappa shape index (κ2) is 8.28. The van der Waals surface area contributed by atoms with Crippen molar-refractivity contribution in [3.05, 3.63) is 72.2 Å². The molecule has 4 rings (SSSR count). The minimum absolute atomic E-state index is 0.0123. The van der Waals surface area contributed by atoms with E-state index in [2.05, 4.69) is 5.32 Å². The number of carbonyl (C=O) groups excluding carboxylic acids is 1. The molecule has 1 N–H and O–H groups in total. The Labute approximate surface area is 181 Å². The number of nitrogens with one attached hydrogen (secondary N) is 1. The predicted molar refractivity (Wildman–Crippen MR) is 118 cm³/mol. The maximum absolute atomic E-state index is 14.4. The van der Waals surface area contributed by atoms with Crippen LogP contribution in [0.5, 0.6) is 0 Å². The molecule has 31 heavy (non-hydrogen) atoms. The highest BCUT2D eigenvalue weighted by Crippen LogP contribution is 2.29. The topological polar surface area (TPSA) is 71.4 Å². The number of carbonyl (C=O) groups is 1. The summed E-state index contributed by atoms with van der Waals surface area (Å²) >= 11 is 0. The third-order valence-electron chi connectivity index (χ3n) is 5.55. The molecule has 1 unspecified atom stereocenters. The maximum Gasteiger partial charge on any atom is 0.268 e. The summed E-state index contributed by atoms with van der Waals surface area (Å²) < 4.78 is 42.3. The van der Waals surface area contributed by atoms with Crippen molar-refractivity contribution in [1.29, 1.82) is 0 Å². The number of hydrogen-bond donors (Lipinski definition) is 1. The minimum Gasteiger partial charge on any atom is -0.325 e. The Morgan fingerprint density at radius 2 is 1.90 bits per heavy atom. The van der Waals surface area contributed by atoms with Gasteiger partial charge in [-0.3, -0.25) is 9.69 Å². The molecule has 1 fully saturated rings.